The predicted octanol–water partition coefficient (Wildman–Crippen LogP) is 3.67. The number of Topliss-reactive ketones (excluding diaryl/α,β-unsaturated/α-hetero) is 1. The molecule has 0 aliphatic carbocycles. The third-order valence-corrected chi connectivity index (χ3v) is 3.43. The van der Waals surface area contributed by atoms with Gasteiger partial charge in [-0.15, -0.1) is 0 Å². The monoisotopic (exact) mass is 260 g/mol. The molecule has 1 aromatic rings. The largest absolute Gasteiger partial charge is 0.298 e. The SMILES string of the molecule is CC(=O)C(Br)c1ccc(Cl)c(C)c1. The van der Waals surface area contributed by atoms with Crippen molar-refractivity contribution in [2.24, 2.45) is 0 Å². The van der Waals surface area contributed by atoms with Crippen molar-refractivity contribution >= 4 is 33.3 Å². The van der Waals surface area contributed by atoms with Crippen LogP contribution in [-0.4, -0.2) is 5.78 Å². The fourth-order valence-corrected chi connectivity index (χ4v) is 1.46. The molecule has 0 bridgehead atoms. The van der Waals surface area contributed by atoms with Gasteiger partial charge in [-0.2, -0.15) is 0 Å². The Labute approximate surface area is 91.2 Å². The van der Waals surface area contributed by atoms with Gasteiger partial charge in [0.25, 0.3) is 0 Å². The molecule has 0 heterocycles. The van der Waals surface area contributed by atoms with E-state index in [2.05, 4.69) is 15.9 Å². The number of hydrogen-bond acceptors (Lipinski definition) is 1. The predicted molar refractivity (Wildman–Crippen MR) is 58.5 cm³/mol. The molecule has 0 saturated heterocycles. The van der Waals surface area contributed by atoms with E-state index in [1.807, 2.05) is 25.1 Å². The summed E-state index contributed by atoms with van der Waals surface area (Å²) in [6.45, 7) is 3.48. The van der Waals surface area contributed by atoms with Gasteiger partial charge in [-0.05, 0) is 31.0 Å². The van der Waals surface area contributed by atoms with E-state index in [0.29, 0.717) is 0 Å². The van der Waals surface area contributed by atoms with Gasteiger partial charge >= 0.3 is 0 Å². The lowest BCUT2D eigenvalue weighted by molar-refractivity contribution is -0.116. The number of halogens is 2. The minimum absolute atomic E-state index is 0.0988. The van der Waals surface area contributed by atoms with Crippen LogP contribution in [0.1, 0.15) is 22.9 Å². The van der Waals surface area contributed by atoms with Crippen LogP contribution in [0.25, 0.3) is 0 Å². The molecule has 0 amide bonds. The van der Waals surface area contributed by atoms with Gasteiger partial charge in [0.1, 0.15) is 5.78 Å². The van der Waals surface area contributed by atoms with Crippen LogP contribution in [0.2, 0.25) is 5.02 Å². The molecule has 1 rings (SSSR count). The third kappa shape index (κ3) is 2.55. The minimum atomic E-state index is -0.219. The zero-order chi connectivity index (χ0) is 10.0. The van der Waals surface area contributed by atoms with Crippen LogP contribution in [0.5, 0.6) is 0 Å². The summed E-state index contributed by atoms with van der Waals surface area (Å²) in [6.07, 6.45) is 0. The maximum atomic E-state index is 11.1. The molecule has 13 heavy (non-hydrogen) atoms. The Morgan fingerprint density at radius 1 is 1.54 bits per heavy atom. The zero-order valence-electron chi connectivity index (χ0n) is 7.47. The molecule has 0 N–H and O–H groups in total. The molecule has 1 nitrogen and oxygen atoms in total. The quantitative estimate of drug-likeness (QED) is 0.742. The standard InChI is InChI=1S/C10H10BrClO/c1-6-5-8(3-4-9(6)12)10(11)7(2)13/h3-5,10H,1-2H3. The zero-order valence-corrected chi connectivity index (χ0v) is 9.82. The molecule has 1 atom stereocenters. The first-order valence-corrected chi connectivity index (χ1v) is 5.22. The second-order valence-corrected chi connectivity index (χ2v) is 4.30. The smallest absolute Gasteiger partial charge is 0.147 e. The van der Waals surface area contributed by atoms with Crippen LogP contribution in [-0.2, 0) is 4.79 Å². The molecular weight excluding hydrogens is 251 g/mol. The van der Waals surface area contributed by atoms with Gasteiger partial charge in [0.15, 0.2) is 0 Å². The summed E-state index contributed by atoms with van der Waals surface area (Å²) >= 11 is 9.18. The average molecular weight is 262 g/mol. The number of carbonyl (C=O) groups excluding carboxylic acids is 1. The topological polar surface area (TPSA) is 17.1 Å². The van der Waals surface area contributed by atoms with Crippen molar-refractivity contribution in [2.75, 3.05) is 0 Å². The Hall–Kier alpha value is -0.340. The third-order valence-electron chi connectivity index (χ3n) is 1.83. The Morgan fingerprint density at radius 2 is 2.15 bits per heavy atom. The Balaban J connectivity index is 3.03. The lowest BCUT2D eigenvalue weighted by atomic mass is 10.1. The highest BCUT2D eigenvalue weighted by Gasteiger charge is 2.12. The maximum absolute atomic E-state index is 11.1. The molecular formula is C10H10BrClO. The number of ketones is 1. The Bertz CT molecular complexity index is 336. The Morgan fingerprint density at radius 3 is 2.62 bits per heavy atom. The molecule has 70 valence electrons. The van der Waals surface area contributed by atoms with Gasteiger partial charge in [-0.3, -0.25) is 4.79 Å². The van der Waals surface area contributed by atoms with Crippen molar-refractivity contribution in [3.05, 3.63) is 34.3 Å². The van der Waals surface area contributed by atoms with E-state index < -0.39 is 0 Å². The first-order chi connectivity index (χ1) is 6.02. The number of benzene rings is 1. The lowest BCUT2D eigenvalue weighted by Gasteiger charge is -2.07. The summed E-state index contributed by atoms with van der Waals surface area (Å²) in [5.74, 6) is 0.0988. The van der Waals surface area contributed by atoms with Crippen molar-refractivity contribution in [1.82, 2.24) is 0 Å². The van der Waals surface area contributed by atoms with Crippen LogP contribution in [0, 0.1) is 6.92 Å². The summed E-state index contributed by atoms with van der Waals surface area (Å²) in [5.41, 5.74) is 1.94. The highest BCUT2D eigenvalue weighted by atomic mass is 79.9. The van der Waals surface area contributed by atoms with Crippen molar-refractivity contribution in [3.63, 3.8) is 0 Å². The van der Waals surface area contributed by atoms with Gasteiger partial charge in [0.2, 0.25) is 0 Å². The van der Waals surface area contributed by atoms with Gasteiger partial charge in [0.05, 0.1) is 4.83 Å². The summed E-state index contributed by atoms with van der Waals surface area (Å²) in [6, 6.07) is 5.59. The summed E-state index contributed by atoms with van der Waals surface area (Å²) in [4.78, 5) is 10.8. The van der Waals surface area contributed by atoms with E-state index in [0.717, 1.165) is 16.1 Å². The number of aryl methyl sites for hydroxylation is 1. The van der Waals surface area contributed by atoms with Gasteiger partial charge in [-0.1, -0.05) is 39.7 Å². The van der Waals surface area contributed by atoms with E-state index in [1.54, 1.807) is 6.92 Å². The molecule has 0 aliphatic heterocycles. The first-order valence-electron chi connectivity index (χ1n) is 3.93. The van der Waals surface area contributed by atoms with Crippen LogP contribution in [0.3, 0.4) is 0 Å². The van der Waals surface area contributed by atoms with Gasteiger partial charge in [0, 0.05) is 5.02 Å². The summed E-state index contributed by atoms with van der Waals surface area (Å²) in [7, 11) is 0. The normalized spacial score (nSPS) is 12.6. The first kappa shape index (κ1) is 10.7. The minimum Gasteiger partial charge on any atom is -0.298 e. The molecule has 1 aromatic carbocycles. The maximum Gasteiger partial charge on any atom is 0.147 e. The van der Waals surface area contributed by atoms with Crippen LogP contribution >= 0.6 is 27.5 Å². The summed E-state index contributed by atoms with van der Waals surface area (Å²) in [5, 5.41) is 0.729. The fraction of sp³-hybridized carbons (Fsp3) is 0.300. The average Bonchev–Trinajstić information content (AvgIpc) is 2.08. The van der Waals surface area contributed by atoms with Crippen molar-refractivity contribution in [3.8, 4) is 0 Å². The van der Waals surface area contributed by atoms with E-state index in [1.165, 1.54) is 0 Å². The van der Waals surface area contributed by atoms with Gasteiger partial charge < -0.3 is 0 Å². The van der Waals surface area contributed by atoms with Crippen molar-refractivity contribution in [1.29, 1.82) is 0 Å². The summed E-state index contributed by atoms with van der Waals surface area (Å²) < 4.78 is 0. The van der Waals surface area contributed by atoms with Crippen LogP contribution in [0.4, 0.5) is 0 Å². The highest BCUT2D eigenvalue weighted by Crippen LogP contribution is 2.26. The molecule has 0 aromatic heterocycles. The number of alkyl halides is 1. The van der Waals surface area contributed by atoms with E-state index in [9.17, 15) is 4.79 Å². The molecule has 1 unspecified atom stereocenters. The van der Waals surface area contributed by atoms with E-state index in [4.69, 9.17) is 11.6 Å². The number of hydrogen-bond donors (Lipinski definition) is 0. The Kier molecular flexibility index (Phi) is 3.51. The van der Waals surface area contributed by atoms with E-state index >= 15 is 0 Å². The molecule has 0 radical (unpaired) electrons. The van der Waals surface area contributed by atoms with Crippen molar-refractivity contribution < 1.29 is 4.79 Å². The number of carbonyl (C=O) groups is 1. The second kappa shape index (κ2) is 4.25. The van der Waals surface area contributed by atoms with Crippen molar-refractivity contribution in [2.45, 2.75) is 18.7 Å². The molecule has 0 aliphatic rings. The molecule has 0 fully saturated rings. The highest BCUT2D eigenvalue weighted by molar-refractivity contribution is 9.09. The van der Waals surface area contributed by atoms with Gasteiger partial charge in [-0.25, -0.2) is 0 Å². The molecule has 0 saturated carbocycles. The van der Waals surface area contributed by atoms with Crippen LogP contribution in [0.15, 0.2) is 18.2 Å². The molecule has 3 heteroatoms. The molecule has 0 spiro atoms. The van der Waals surface area contributed by atoms with E-state index in [-0.39, 0.29) is 10.6 Å². The van der Waals surface area contributed by atoms with Crippen LogP contribution < -0.4 is 0 Å². The number of rotatable bonds is 2. The lowest BCUT2D eigenvalue weighted by Crippen LogP contribution is -2.00. The second-order valence-electron chi connectivity index (χ2n) is 2.98. The fourth-order valence-electron chi connectivity index (χ4n) is 1.06.